The molecule has 0 aromatic heterocycles. The van der Waals surface area contributed by atoms with E-state index in [0.717, 1.165) is 18.6 Å². The van der Waals surface area contributed by atoms with Gasteiger partial charge in [0.15, 0.2) is 0 Å². The molecule has 2 aliphatic heterocycles. The van der Waals surface area contributed by atoms with E-state index < -0.39 is 0 Å². The molecule has 0 aliphatic carbocycles. The first-order valence-electron chi connectivity index (χ1n) is 7.95. The molecule has 0 spiro atoms. The number of nitrogens with two attached hydrogens (primary N) is 1. The molecule has 2 heterocycles. The fourth-order valence-electron chi connectivity index (χ4n) is 4.13. The topological polar surface area (TPSA) is 44.5 Å². The van der Waals surface area contributed by atoms with Gasteiger partial charge in [0.1, 0.15) is 5.75 Å². The number of para-hydroxylation sites is 1. The summed E-state index contributed by atoms with van der Waals surface area (Å²) in [6, 6.07) is 8.39. The molecule has 3 nitrogen and oxygen atoms in total. The summed E-state index contributed by atoms with van der Waals surface area (Å²) < 4.78 is 12.1. The summed E-state index contributed by atoms with van der Waals surface area (Å²) in [6.07, 6.45) is 2.02. The minimum absolute atomic E-state index is 0.0841. The van der Waals surface area contributed by atoms with Gasteiger partial charge in [-0.3, -0.25) is 0 Å². The van der Waals surface area contributed by atoms with Crippen molar-refractivity contribution in [1.29, 1.82) is 0 Å². The quantitative estimate of drug-likeness (QED) is 0.909. The SMILES string of the molecule is CC1(C)CC(C(N)C2COc3ccccc3C2)C(C)(C)O1. The van der Waals surface area contributed by atoms with Crippen molar-refractivity contribution < 1.29 is 9.47 Å². The lowest BCUT2D eigenvalue weighted by Crippen LogP contribution is -2.48. The third kappa shape index (κ3) is 2.82. The lowest BCUT2D eigenvalue weighted by Gasteiger charge is -2.37. The Hall–Kier alpha value is -1.06. The van der Waals surface area contributed by atoms with Crippen LogP contribution in [0.1, 0.15) is 39.7 Å². The minimum atomic E-state index is -0.167. The Kier molecular flexibility index (Phi) is 3.53. The van der Waals surface area contributed by atoms with Gasteiger partial charge in [-0.2, -0.15) is 0 Å². The molecule has 3 atom stereocenters. The summed E-state index contributed by atoms with van der Waals surface area (Å²) in [6.45, 7) is 9.38. The zero-order chi connectivity index (χ0) is 15.3. The molecule has 116 valence electrons. The predicted octanol–water partition coefficient (Wildman–Crippen LogP) is 3.16. The molecule has 2 aliphatic rings. The lowest BCUT2D eigenvalue weighted by atomic mass is 9.75. The van der Waals surface area contributed by atoms with Crippen molar-refractivity contribution in [3.8, 4) is 5.75 Å². The fraction of sp³-hybridized carbons (Fsp3) is 0.667. The first-order chi connectivity index (χ1) is 9.78. The maximum absolute atomic E-state index is 6.65. The van der Waals surface area contributed by atoms with E-state index in [4.69, 9.17) is 15.2 Å². The summed E-state index contributed by atoms with van der Waals surface area (Å²) in [4.78, 5) is 0. The van der Waals surface area contributed by atoms with Gasteiger partial charge in [0.2, 0.25) is 0 Å². The highest BCUT2D eigenvalue weighted by Gasteiger charge is 2.50. The normalized spacial score (nSPS) is 31.3. The minimum Gasteiger partial charge on any atom is -0.493 e. The van der Waals surface area contributed by atoms with Crippen LogP contribution >= 0.6 is 0 Å². The van der Waals surface area contributed by atoms with Gasteiger partial charge in [-0.05, 0) is 52.2 Å². The number of rotatable bonds is 2. The first-order valence-corrected chi connectivity index (χ1v) is 7.95. The van der Waals surface area contributed by atoms with Crippen molar-refractivity contribution in [3.05, 3.63) is 29.8 Å². The van der Waals surface area contributed by atoms with Crippen LogP contribution in [0.15, 0.2) is 24.3 Å². The third-order valence-electron chi connectivity index (χ3n) is 5.06. The zero-order valence-electron chi connectivity index (χ0n) is 13.6. The first kappa shape index (κ1) is 14.9. The summed E-state index contributed by atoms with van der Waals surface area (Å²) >= 11 is 0. The molecular formula is C18H27NO2. The molecule has 0 bridgehead atoms. The second-order valence-corrected chi connectivity index (χ2v) is 7.74. The molecule has 0 amide bonds. The Morgan fingerprint density at radius 2 is 1.90 bits per heavy atom. The summed E-state index contributed by atoms with van der Waals surface area (Å²) in [5.74, 6) is 1.75. The molecule has 2 N–H and O–H groups in total. The molecule has 1 saturated heterocycles. The van der Waals surface area contributed by atoms with Crippen molar-refractivity contribution in [2.75, 3.05) is 6.61 Å². The maximum atomic E-state index is 6.65. The van der Waals surface area contributed by atoms with Crippen molar-refractivity contribution >= 4 is 0 Å². The van der Waals surface area contributed by atoms with Crippen molar-refractivity contribution in [2.24, 2.45) is 17.6 Å². The van der Waals surface area contributed by atoms with E-state index in [1.54, 1.807) is 0 Å². The Labute approximate surface area is 127 Å². The van der Waals surface area contributed by atoms with Crippen LogP contribution in [0.5, 0.6) is 5.75 Å². The summed E-state index contributed by atoms with van der Waals surface area (Å²) in [7, 11) is 0. The Morgan fingerprint density at radius 1 is 1.19 bits per heavy atom. The summed E-state index contributed by atoms with van der Waals surface area (Å²) in [5.41, 5.74) is 7.67. The van der Waals surface area contributed by atoms with E-state index in [9.17, 15) is 0 Å². The van der Waals surface area contributed by atoms with Crippen LogP contribution in [0.25, 0.3) is 0 Å². The van der Waals surface area contributed by atoms with E-state index in [-0.39, 0.29) is 17.2 Å². The van der Waals surface area contributed by atoms with Crippen molar-refractivity contribution in [2.45, 2.75) is 57.8 Å². The van der Waals surface area contributed by atoms with E-state index in [1.807, 2.05) is 12.1 Å². The van der Waals surface area contributed by atoms with Gasteiger partial charge in [0, 0.05) is 17.9 Å². The molecule has 1 aromatic rings. The lowest BCUT2D eigenvalue weighted by molar-refractivity contribution is -0.0788. The van der Waals surface area contributed by atoms with E-state index in [1.165, 1.54) is 5.56 Å². The Bertz CT molecular complexity index is 524. The maximum Gasteiger partial charge on any atom is 0.122 e. The number of benzene rings is 1. The molecule has 1 aromatic carbocycles. The average molecular weight is 289 g/mol. The third-order valence-corrected chi connectivity index (χ3v) is 5.06. The van der Waals surface area contributed by atoms with Crippen LogP contribution in [0, 0.1) is 11.8 Å². The van der Waals surface area contributed by atoms with E-state index in [2.05, 4.69) is 39.8 Å². The fourth-order valence-corrected chi connectivity index (χ4v) is 4.13. The van der Waals surface area contributed by atoms with E-state index >= 15 is 0 Å². The molecule has 3 rings (SSSR count). The molecule has 3 heteroatoms. The molecule has 0 saturated carbocycles. The highest BCUT2D eigenvalue weighted by molar-refractivity contribution is 5.35. The standard InChI is InChI=1S/C18H27NO2/c1-17(2)10-14(18(3,4)21-17)16(19)13-9-12-7-5-6-8-15(12)20-11-13/h5-8,13-14,16H,9-11,19H2,1-4H3. The average Bonchev–Trinajstić information content (AvgIpc) is 2.65. The van der Waals surface area contributed by atoms with Crippen LogP contribution in [-0.2, 0) is 11.2 Å². The van der Waals surface area contributed by atoms with Crippen molar-refractivity contribution in [1.82, 2.24) is 0 Å². The van der Waals surface area contributed by atoms with Gasteiger partial charge in [-0.15, -0.1) is 0 Å². The largest absolute Gasteiger partial charge is 0.493 e. The monoisotopic (exact) mass is 289 g/mol. The van der Waals surface area contributed by atoms with Crippen molar-refractivity contribution in [3.63, 3.8) is 0 Å². The van der Waals surface area contributed by atoms with E-state index in [0.29, 0.717) is 18.4 Å². The second kappa shape index (κ2) is 4.99. The highest BCUT2D eigenvalue weighted by atomic mass is 16.5. The van der Waals surface area contributed by atoms with Crippen LogP contribution in [0.4, 0.5) is 0 Å². The Balaban J connectivity index is 1.76. The predicted molar refractivity (Wildman–Crippen MR) is 84.5 cm³/mol. The molecule has 3 unspecified atom stereocenters. The van der Waals surface area contributed by atoms with Gasteiger partial charge < -0.3 is 15.2 Å². The van der Waals surface area contributed by atoms with Gasteiger partial charge in [0.25, 0.3) is 0 Å². The molecule has 1 fully saturated rings. The number of ether oxygens (including phenoxy) is 2. The molecule has 0 radical (unpaired) electrons. The second-order valence-electron chi connectivity index (χ2n) is 7.74. The number of fused-ring (bicyclic) bond motifs is 1. The van der Waals surface area contributed by atoms with Crippen LogP contribution in [0.3, 0.4) is 0 Å². The molecular weight excluding hydrogens is 262 g/mol. The summed E-state index contributed by atoms with van der Waals surface area (Å²) in [5, 5.41) is 0. The highest BCUT2D eigenvalue weighted by Crippen LogP contribution is 2.45. The zero-order valence-corrected chi connectivity index (χ0v) is 13.6. The van der Waals surface area contributed by atoms with Crippen LogP contribution in [0.2, 0.25) is 0 Å². The van der Waals surface area contributed by atoms with Gasteiger partial charge in [0.05, 0.1) is 17.8 Å². The van der Waals surface area contributed by atoms with Gasteiger partial charge in [-0.1, -0.05) is 18.2 Å². The van der Waals surface area contributed by atoms with Gasteiger partial charge in [-0.25, -0.2) is 0 Å². The van der Waals surface area contributed by atoms with Gasteiger partial charge >= 0.3 is 0 Å². The number of hydrogen-bond acceptors (Lipinski definition) is 3. The Morgan fingerprint density at radius 3 is 2.57 bits per heavy atom. The van der Waals surface area contributed by atoms with Crippen LogP contribution < -0.4 is 10.5 Å². The number of hydrogen-bond donors (Lipinski definition) is 1. The molecule has 21 heavy (non-hydrogen) atoms. The smallest absolute Gasteiger partial charge is 0.122 e. The van der Waals surface area contributed by atoms with Crippen LogP contribution in [-0.4, -0.2) is 23.9 Å².